The van der Waals surface area contributed by atoms with E-state index in [2.05, 4.69) is 33.8 Å². The van der Waals surface area contributed by atoms with Crippen molar-refractivity contribution in [3.05, 3.63) is 58.8 Å². The van der Waals surface area contributed by atoms with E-state index < -0.39 is 17.9 Å². The number of rotatable bonds is 10. The molecule has 0 heterocycles. The van der Waals surface area contributed by atoms with Crippen molar-refractivity contribution in [2.24, 2.45) is 11.8 Å². The maximum absolute atomic E-state index is 10.7. The lowest BCUT2D eigenvalue weighted by Crippen LogP contribution is -2.48. The lowest BCUT2D eigenvalue weighted by Gasteiger charge is -2.19. The summed E-state index contributed by atoms with van der Waals surface area (Å²) in [6.45, 7) is 0.610. The lowest BCUT2D eigenvalue weighted by molar-refractivity contribution is -0.227. The Morgan fingerprint density at radius 2 is 2.17 bits per heavy atom. The quantitative estimate of drug-likeness (QED) is 0.182. The molecule has 0 spiro atoms. The van der Waals surface area contributed by atoms with Gasteiger partial charge in [-0.2, -0.15) is 0 Å². The molecule has 0 aromatic heterocycles. The van der Waals surface area contributed by atoms with E-state index in [0.717, 1.165) is 48.4 Å². The standard InChI is InChI=1S/C22H27BrO6/c23-18-11-6-12-19(15-18)29-14-4-3-8-17-10-5-9-16(17)7-1-2-13-20(24)22(27,28)21(25)26/h1,3,6,8,11-13,15-17,20,24,27-28H,4-5,7,9-10,14H2,(H,25,26)/t2?,16-,17-,20?/m0/s1. The van der Waals surface area contributed by atoms with Crippen LogP contribution in [0.25, 0.3) is 0 Å². The Labute approximate surface area is 179 Å². The number of halogens is 1. The van der Waals surface area contributed by atoms with Crippen molar-refractivity contribution in [1.82, 2.24) is 0 Å². The first kappa shape index (κ1) is 23.4. The molecule has 0 bridgehead atoms. The predicted octanol–water partition coefficient (Wildman–Crippen LogP) is 3.42. The molecular formula is C22H27BrO6. The van der Waals surface area contributed by atoms with E-state index in [1.165, 1.54) is 0 Å². The number of carbonyl (C=O) groups is 1. The summed E-state index contributed by atoms with van der Waals surface area (Å²) in [4.78, 5) is 10.7. The highest BCUT2D eigenvalue weighted by Gasteiger charge is 2.40. The molecule has 7 heteroatoms. The van der Waals surface area contributed by atoms with Gasteiger partial charge >= 0.3 is 5.97 Å². The van der Waals surface area contributed by atoms with Gasteiger partial charge in [0.15, 0.2) is 0 Å². The van der Waals surface area contributed by atoms with Crippen LogP contribution in [0.2, 0.25) is 0 Å². The predicted molar refractivity (Wildman–Crippen MR) is 112 cm³/mol. The average Bonchev–Trinajstić information content (AvgIpc) is 3.12. The van der Waals surface area contributed by atoms with Crippen LogP contribution in [0.3, 0.4) is 0 Å². The monoisotopic (exact) mass is 466 g/mol. The van der Waals surface area contributed by atoms with Crippen molar-refractivity contribution in [2.45, 2.75) is 44.0 Å². The van der Waals surface area contributed by atoms with Gasteiger partial charge in [0.05, 0.1) is 6.61 Å². The number of aliphatic hydroxyl groups excluding tert-OH is 1. The van der Waals surface area contributed by atoms with Crippen molar-refractivity contribution in [2.75, 3.05) is 6.61 Å². The number of benzene rings is 1. The number of carboxylic acid groups (broad SMARTS) is 1. The van der Waals surface area contributed by atoms with Crippen LogP contribution >= 0.6 is 15.9 Å². The molecule has 0 radical (unpaired) electrons. The van der Waals surface area contributed by atoms with Crippen LogP contribution in [-0.2, 0) is 4.79 Å². The number of aliphatic hydroxyl groups is 3. The van der Waals surface area contributed by atoms with Gasteiger partial charge in [-0.15, -0.1) is 5.73 Å². The van der Waals surface area contributed by atoms with E-state index in [1.54, 1.807) is 6.08 Å². The molecule has 4 N–H and O–H groups in total. The summed E-state index contributed by atoms with van der Waals surface area (Å²) >= 11 is 3.42. The zero-order valence-corrected chi connectivity index (χ0v) is 17.7. The fraction of sp³-hybridized carbons (Fsp3) is 0.455. The molecule has 0 saturated heterocycles. The van der Waals surface area contributed by atoms with Crippen LogP contribution in [0.15, 0.2) is 58.8 Å². The number of aliphatic carboxylic acids is 1. The Hall–Kier alpha value is -1.89. The molecule has 158 valence electrons. The van der Waals surface area contributed by atoms with Gasteiger partial charge in [0.1, 0.15) is 11.9 Å². The topological polar surface area (TPSA) is 107 Å². The number of hydrogen-bond acceptors (Lipinski definition) is 5. The summed E-state index contributed by atoms with van der Waals surface area (Å²) < 4.78 is 6.70. The van der Waals surface area contributed by atoms with E-state index in [4.69, 9.17) is 9.84 Å². The summed E-state index contributed by atoms with van der Waals surface area (Å²) in [5.41, 5.74) is 2.66. The largest absolute Gasteiger partial charge is 0.493 e. The summed E-state index contributed by atoms with van der Waals surface area (Å²) in [7, 11) is 0. The molecule has 2 rings (SSSR count). The maximum atomic E-state index is 10.7. The third kappa shape index (κ3) is 7.46. The number of ether oxygens (including phenoxy) is 1. The van der Waals surface area contributed by atoms with Crippen LogP contribution < -0.4 is 4.74 Å². The second-order valence-corrected chi connectivity index (χ2v) is 8.04. The molecule has 6 nitrogen and oxygen atoms in total. The molecule has 1 fully saturated rings. The highest BCUT2D eigenvalue weighted by molar-refractivity contribution is 9.10. The summed E-state index contributed by atoms with van der Waals surface area (Å²) in [6, 6.07) is 7.74. The zero-order valence-electron chi connectivity index (χ0n) is 16.1. The van der Waals surface area contributed by atoms with Gasteiger partial charge in [-0.1, -0.05) is 40.6 Å². The van der Waals surface area contributed by atoms with E-state index >= 15 is 0 Å². The second-order valence-electron chi connectivity index (χ2n) is 7.13. The molecule has 29 heavy (non-hydrogen) atoms. The van der Waals surface area contributed by atoms with E-state index in [9.17, 15) is 20.1 Å². The number of carboxylic acids is 1. The van der Waals surface area contributed by atoms with Crippen molar-refractivity contribution in [3.63, 3.8) is 0 Å². The normalized spacial score (nSPS) is 20.3. The van der Waals surface area contributed by atoms with Crippen LogP contribution in [0.1, 0.15) is 32.1 Å². The van der Waals surface area contributed by atoms with Gasteiger partial charge < -0.3 is 25.2 Å². The Morgan fingerprint density at radius 3 is 2.90 bits per heavy atom. The van der Waals surface area contributed by atoms with E-state index in [-0.39, 0.29) is 0 Å². The Balaban J connectivity index is 1.77. The van der Waals surface area contributed by atoms with Gasteiger partial charge in [-0.05, 0) is 67.9 Å². The summed E-state index contributed by atoms with van der Waals surface area (Å²) in [5, 5.41) is 36.6. The highest BCUT2D eigenvalue weighted by Crippen LogP contribution is 2.35. The van der Waals surface area contributed by atoms with Gasteiger partial charge in [0.25, 0.3) is 5.79 Å². The Morgan fingerprint density at radius 1 is 1.38 bits per heavy atom. The molecule has 1 saturated carbocycles. The lowest BCUT2D eigenvalue weighted by atomic mass is 9.92. The van der Waals surface area contributed by atoms with Crippen molar-refractivity contribution in [3.8, 4) is 5.75 Å². The van der Waals surface area contributed by atoms with Crippen LogP contribution in [0, 0.1) is 11.8 Å². The van der Waals surface area contributed by atoms with Gasteiger partial charge in [-0.3, -0.25) is 0 Å². The molecule has 1 unspecified atom stereocenters. The molecule has 0 amide bonds. The minimum absolute atomic E-state index is 0.447. The van der Waals surface area contributed by atoms with E-state index in [0.29, 0.717) is 18.4 Å². The summed E-state index contributed by atoms with van der Waals surface area (Å²) in [5.74, 6) is -3.38. The maximum Gasteiger partial charge on any atom is 0.367 e. The fourth-order valence-electron chi connectivity index (χ4n) is 3.31. The zero-order chi connectivity index (χ0) is 21.3. The van der Waals surface area contributed by atoms with Crippen molar-refractivity contribution < 1.29 is 30.0 Å². The van der Waals surface area contributed by atoms with Crippen LogP contribution in [0.5, 0.6) is 5.75 Å². The minimum Gasteiger partial charge on any atom is -0.493 e. The number of hydrogen-bond donors (Lipinski definition) is 4. The van der Waals surface area contributed by atoms with Crippen molar-refractivity contribution in [1.29, 1.82) is 0 Å². The van der Waals surface area contributed by atoms with Gasteiger partial charge in [-0.25, -0.2) is 4.79 Å². The first-order valence-electron chi connectivity index (χ1n) is 9.63. The first-order valence-corrected chi connectivity index (χ1v) is 10.4. The Bertz CT molecular complexity index is 766. The second kappa shape index (κ2) is 11.3. The third-order valence-corrected chi connectivity index (χ3v) is 5.46. The summed E-state index contributed by atoms with van der Waals surface area (Å²) in [6.07, 6.45) is 9.97. The van der Waals surface area contributed by atoms with Crippen molar-refractivity contribution >= 4 is 21.9 Å². The third-order valence-electron chi connectivity index (χ3n) is 4.97. The Kier molecular flexibility index (Phi) is 9.14. The molecule has 1 aliphatic carbocycles. The van der Waals surface area contributed by atoms with Gasteiger partial charge in [0.2, 0.25) is 0 Å². The molecule has 1 aromatic rings. The van der Waals surface area contributed by atoms with Crippen LogP contribution in [-0.4, -0.2) is 44.9 Å². The number of allylic oxidation sites excluding steroid dienone is 1. The van der Waals surface area contributed by atoms with Gasteiger partial charge in [0, 0.05) is 4.47 Å². The molecule has 3 atom stereocenters. The average molecular weight is 467 g/mol. The first-order chi connectivity index (χ1) is 13.8. The molecule has 1 aromatic carbocycles. The van der Waals surface area contributed by atoms with E-state index in [1.807, 2.05) is 24.3 Å². The fourth-order valence-corrected chi connectivity index (χ4v) is 3.68. The van der Waals surface area contributed by atoms with Crippen LogP contribution in [0.4, 0.5) is 0 Å². The smallest absolute Gasteiger partial charge is 0.367 e. The molecule has 0 aliphatic heterocycles. The highest BCUT2D eigenvalue weighted by atomic mass is 79.9. The SMILES string of the molecule is O=C(O)C(O)(O)C(O)C=C=CC[C@H]1CCC[C@@H]1C=CCCOc1cccc(Br)c1. The minimum atomic E-state index is -3.21. The molecule has 1 aliphatic rings. The molecular weight excluding hydrogens is 440 g/mol.